The first-order chi connectivity index (χ1) is 15.1. The highest BCUT2D eigenvalue weighted by Gasteiger charge is 2.32. The van der Waals surface area contributed by atoms with Crippen molar-refractivity contribution in [2.45, 2.75) is 13.5 Å². The number of aliphatic carboxylic acids is 1. The van der Waals surface area contributed by atoms with Gasteiger partial charge < -0.3 is 9.63 Å². The fourth-order valence-electron chi connectivity index (χ4n) is 3.77. The summed E-state index contributed by atoms with van der Waals surface area (Å²) < 4.78 is 7.36. The molecule has 4 aromatic rings. The lowest BCUT2D eigenvalue weighted by molar-refractivity contribution is -0.147. The number of benzene rings is 2. The van der Waals surface area contributed by atoms with Gasteiger partial charge in [-0.15, -0.1) is 0 Å². The van der Waals surface area contributed by atoms with Crippen LogP contribution in [-0.4, -0.2) is 49.0 Å². The van der Waals surface area contributed by atoms with E-state index in [9.17, 15) is 4.79 Å². The van der Waals surface area contributed by atoms with Crippen LogP contribution in [0.1, 0.15) is 11.3 Å². The second-order valence-corrected chi connectivity index (χ2v) is 7.74. The number of likely N-dealkylation sites (tertiary alicyclic amines) is 1. The van der Waals surface area contributed by atoms with Gasteiger partial charge in [0, 0.05) is 25.2 Å². The molecule has 0 atom stereocenters. The molecule has 8 nitrogen and oxygen atoms in total. The minimum Gasteiger partial charge on any atom is -0.481 e. The van der Waals surface area contributed by atoms with Crippen molar-refractivity contribution < 1.29 is 14.4 Å². The lowest BCUT2D eigenvalue weighted by atomic mass is 9.99. The van der Waals surface area contributed by atoms with Crippen LogP contribution in [0.15, 0.2) is 65.3 Å². The molecule has 0 aliphatic carbocycles. The predicted molar refractivity (Wildman–Crippen MR) is 113 cm³/mol. The molecule has 0 radical (unpaired) electrons. The standard InChI is InChI=1S/C23H21N5O3/c1-15-20(11-24-28(15)19-5-3-2-4-6-19)22-25-21(26-31-22)17-9-7-16(8-10-17)12-27-13-18(14-27)23(29)30/h2-11,18H,12-14H2,1H3,(H,29,30). The minimum absolute atomic E-state index is 0.244. The smallest absolute Gasteiger partial charge is 0.309 e. The third kappa shape index (κ3) is 3.73. The van der Waals surface area contributed by atoms with Gasteiger partial charge in [0.25, 0.3) is 5.89 Å². The molecule has 0 bridgehead atoms. The van der Waals surface area contributed by atoms with Gasteiger partial charge in [-0.1, -0.05) is 47.6 Å². The average Bonchev–Trinajstić information content (AvgIpc) is 3.38. The number of aromatic nitrogens is 4. The van der Waals surface area contributed by atoms with Crippen LogP contribution < -0.4 is 0 Å². The monoisotopic (exact) mass is 415 g/mol. The number of carboxylic acids is 1. The van der Waals surface area contributed by atoms with Gasteiger partial charge >= 0.3 is 5.97 Å². The van der Waals surface area contributed by atoms with Crippen LogP contribution in [0.25, 0.3) is 28.5 Å². The van der Waals surface area contributed by atoms with Crippen molar-refractivity contribution in [2.75, 3.05) is 13.1 Å². The van der Waals surface area contributed by atoms with E-state index in [1.165, 1.54) is 0 Å². The zero-order valence-electron chi connectivity index (χ0n) is 17.0. The topological polar surface area (TPSA) is 97.3 Å². The molecule has 1 aliphatic rings. The van der Waals surface area contributed by atoms with Gasteiger partial charge in [-0.2, -0.15) is 10.1 Å². The Hall–Kier alpha value is -3.78. The Kier molecular flexibility index (Phi) is 4.83. The Morgan fingerprint density at radius 3 is 2.58 bits per heavy atom. The van der Waals surface area contributed by atoms with Crippen LogP contribution in [0.2, 0.25) is 0 Å². The number of rotatable bonds is 6. The quantitative estimate of drug-likeness (QED) is 0.515. The second kappa shape index (κ2) is 7.81. The molecule has 1 saturated heterocycles. The second-order valence-electron chi connectivity index (χ2n) is 7.74. The molecule has 0 saturated carbocycles. The summed E-state index contributed by atoms with van der Waals surface area (Å²) in [6, 6.07) is 17.8. The zero-order valence-corrected chi connectivity index (χ0v) is 17.0. The van der Waals surface area contributed by atoms with E-state index in [1.807, 2.05) is 66.2 Å². The summed E-state index contributed by atoms with van der Waals surface area (Å²) in [6.07, 6.45) is 1.74. The van der Waals surface area contributed by atoms with Crippen LogP contribution in [0.5, 0.6) is 0 Å². The maximum atomic E-state index is 10.9. The van der Waals surface area contributed by atoms with Crippen molar-refractivity contribution in [3.63, 3.8) is 0 Å². The summed E-state index contributed by atoms with van der Waals surface area (Å²) in [6.45, 7) is 3.90. The molecule has 3 heterocycles. The fourth-order valence-corrected chi connectivity index (χ4v) is 3.77. The minimum atomic E-state index is -0.718. The molecule has 8 heteroatoms. The summed E-state index contributed by atoms with van der Waals surface area (Å²) in [4.78, 5) is 17.6. The predicted octanol–water partition coefficient (Wildman–Crippen LogP) is 3.41. The molecule has 2 aromatic heterocycles. The van der Waals surface area contributed by atoms with E-state index < -0.39 is 5.97 Å². The Labute approximate surface area is 178 Å². The van der Waals surface area contributed by atoms with Crippen LogP contribution in [-0.2, 0) is 11.3 Å². The molecule has 5 rings (SSSR count). The zero-order chi connectivity index (χ0) is 21.4. The van der Waals surface area contributed by atoms with E-state index in [2.05, 4.69) is 20.1 Å². The summed E-state index contributed by atoms with van der Waals surface area (Å²) in [5.74, 6) is -0.0156. The number of hydrogen-bond donors (Lipinski definition) is 1. The highest BCUT2D eigenvalue weighted by atomic mass is 16.5. The van der Waals surface area contributed by atoms with Crippen LogP contribution in [0.3, 0.4) is 0 Å². The van der Waals surface area contributed by atoms with E-state index >= 15 is 0 Å². The van der Waals surface area contributed by atoms with Gasteiger partial charge in [-0.25, -0.2) is 4.68 Å². The number of carbonyl (C=O) groups is 1. The number of carboxylic acid groups (broad SMARTS) is 1. The first-order valence-corrected chi connectivity index (χ1v) is 10.1. The number of nitrogens with zero attached hydrogens (tertiary/aromatic N) is 5. The summed E-state index contributed by atoms with van der Waals surface area (Å²) >= 11 is 0. The third-order valence-corrected chi connectivity index (χ3v) is 5.59. The Morgan fingerprint density at radius 1 is 1.13 bits per heavy atom. The Balaban J connectivity index is 1.30. The normalized spacial score (nSPS) is 14.5. The van der Waals surface area contributed by atoms with E-state index in [4.69, 9.17) is 9.63 Å². The van der Waals surface area contributed by atoms with E-state index in [-0.39, 0.29) is 5.92 Å². The molecule has 0 spiro atoms. The van der Waals surface area contributed by atoms with Crippen LogP contribution in [0.4, 0.5) is 0 Å². The molecular weight excluding hydrogens is 394 g/mol. The summed E-state index contributed by atoms with van der Waals surface area (Å²) in [7, 11) is 0. The maximum Gasteiger partial charge on any atom is 0.309 e. The first kappa shape index (κ1) is 19.2. The van der Waals surface area contributed by atoms with Crippen molar-refractivity contribution in [2.24, 2.45) is 5.92 Å². The molecule has 0 unspecified atom stereocenters. The maximum absolute atomic E-state index is 10.9. The van der Waals surface area contributed by atoms with Gasteiger partial charge in [-0.05, 0) is 24.6 Å². The molecule has 156 valence electrons. The van der Waals surface area contributed by atoms with E-state index in [0.717, 1.165) is 34.6 Å². The van der Waals surface area contributed by atoms with Gasteiger partial charge in [0.15, 0.2) is 0 Å². The van der Waals surface area contributed by atoms with Crippen molar-refractivity contribution in [3.8, 4) is 28.5 Å². The van der Waals surface area contributed by atoms with Crippen molar-refractivity contribution in [3.05, 3.63) is 72.1 Å². The highest BCUT2D eigenvalue weighted by molar-refractivity contribution is 5.71. The van der Waals surface area contributed by atoms with E-state index in [1.54, 1.807) is 6.20 Å². The Morgan fingerprint density at radius 2 is 1.87 bits per heavy atom. The molecule has 0 amide bonds. The Bertz CT molecular complexity index is 1210. The molecule has 2 aromatic carbocycles. The lowest BCUT2D eigenvalue weighted by Gasteiger charge is -2.36. The van der Waals surface area contributed by atoms with Crippen LogP contribution >= 0.6 is 0 Å². The number of hydrogen-bond acceptors (Lipinski definition) is 6. The molecular formula is C23H21N5O3. The summed E-state index contributed by atoms with van der Waals surface area (Å²) in [5.41, 5.74) is 4.67. The summed E-state index contributed by atoms with van der Waals surface area (Å²) in [5, 5.41) is 17.6. The van der Waals surface area contributed by atoms with Gasteiger partial charge in [-0.3, -0.25) is 9.69 Å². The average molecular weight is 415 g/mol. The third-order valence-electron chi connectivity index (χ3n) is 5.59. The highest BCUT2D eigenvalue weighted by Crippen LogP contribution is 2.27. The van der Waals surface area contributed by atoms with E-state index in [0.29, 0.717) is 24.8 Å². The molecule has 1 aliphatic heterocycles. The molecule has 31 heavy (non-hydrogen) atoms. The number of para-hydroxylation sites is 1. The largest absolute Gasteiger partial charge is 0.481 e. The van der Waals surface area contributed by atoms with Crippen molar-refractivity contribution >= 4 is 5.97 Å². The van der Waals surface area contributed by atoms with Gasteiger partial charge in [0.1, 0.15) is 0 Å². The fraction of sp³-hybridized carbons (Fsp3) is 0.217. The van der Waals surface area contributed by atoms with Crippen LogP contribution in [0, 0.1) is 12.8 Å². The first-order valence-electron chi connectivity index (χ1n) is 10.1. The van der Waals surface area contributed by atoms with Crippen molar-refractivity contribution in [1.82, 2.24) is 24.8 Å². The van der Waals surface area contributed by atoms with Gasteiger partial charge in [0.05, 0.1) is 29.1 Å². The van der Waals surface area contributed by atoms with Gasteiger partial charge in [0.2, 0.25) is 5.82 Å². The SMILES string of the molecule is Cc1c(-c2nc(-c3ccc(CN4CC(C(=O)O)C4)cc3)no2)cnn1-c1ccccc1. The lowest BCUT2D eigenvalue weighted by Crippen LogP contribution is -2.49. The molecule has 1 N–H and O–H groups in total. The molecule has 1 fully saturated rings. The van der Waals surface area contributed by atoms with Crippen molar-refractivity contribution in [1.29, 1.82) is 0 Å².